The number of hydrogen-bond donors (Lipinski definition) is 3. The Bertz CT molecular complexity index is 4700. The average Bonchev–Trinajstić information content (AvgIpc) is 1.53. The summed E-state index contributed by atoms with van der Waals surface area (Å²) in [6.07, 6.45) is 2.70. The number of aryl methyl sites for hydroxylation is 1. The Morgan fingerprint density at radius 3 is 1.56 bits per heavy atom. The van der Waals surface area contributed by atoms with Gasteiger partial charge in [-0.2, -0.15) is 0 Å². The van der Waals surface area contributed by atoms with E-state index in [9.17, 15) is 29.7 Å². The van der Waals surface area contributed by atoms with Gasteiger partial charge in [-0.1, -0.05) is 65.5 Å². The fourth-order valence-corrected chi connectivity index (χ4v) is 11.1. The molecule has 492 valence electrons. The van der Waals surface area contributed by atoms with Gasteiger partial charge in [-0.3, -0.25) is 0 Å². The second-order valence-corrected chi connectivity index (χ2v) is 24.9. The fraction of sp³-hybridized carbons (Fsp3) is 0.338. The van der Waals surface area contributed by atoms with Crippen LogP contribution in [0.5, 0.6) is 40.2 Å². The highest BCUT2D eigenvalue weighted by Crippen LogP contribution is 2.44. The molecule has 6 heterocycles. The molecule has 0 fully saturated rings. The number of phenolic OH excluding ortho intramolecular Hbond substituents is 3. The first kappa shape index (κ1) is 66.3. The molecule has 0 spiro atoms. The van der Waals surface area contributed by atoms with Crippen molar-refractivity contribution < 1.29 is 67.0 Å². The van der Waals surface area contributed by atoms with Crippen molar-refractivity contribution in [3.05, 3.63) is 149 Å². The summed E-state index contributed by atoms with van der Waals surface area (Å²) in [4.78, 5) is 41.1. The maximum atomic E-state index is 11.6. The number of aromatic nitrogens is 9. The van der Waals surface area contributed by atoms with Crippen LogP contribution in [0.4, 0.5) is 0 Å². The highest BCUT2D eigenvalue weighted by atomic mass is 35.5. The van der Waals surface area contributed by atoms with E-state index in [0.29, 0.717) is 86.8 Å². The summed E-state index contributed by atoms with van der Waals surface area (Å²) < 4.78 is 55.6. The van der Waals surface area contributed by atoms with Gasteiger partial charge in [0.05, 0.1) is 26.4 Å². The number of rotatable bonds is 26. The Hall–Kier alpha value is -9.65. The molecule has 6 aromatic carbocycles. The van der Waals surface area contributed by atoms with Crippen LogP contribution in [-0.2, 0) is 38.2 Å². The number of phenols is 3. The molecule has 0 aliphatic heterocycles. The van der Waals surface area contributed by atoms with E-state index in [1.165, 1.54) is 12.0 Å². The zero-order valence-electron chi connectivity index (χ0n) is 54.1. The zero-order chi connectivity index (χ0) is 66.9. The Morgan fingerprint density at radius 2 is 0.989 bits per heavy atom. The Kier molecular flexibility index (Phi) is 19.4. The molecule has 0 atom stereocenters. The first-order valence-electron chi connectivity index (χ1n) is 30.5. The summed E-state index contributed by atoms with van der Waals surface area (Å²) in [5.41, 5.74) is 12.2. The lowest BCUT2D eigenvalue weighted by atomic mass is 9.84. The number of unbranched alkanes of at least 4 members (excludes halogenated alkanes) is 1. The summed E-state index contributed by atoms with van der Waals surface area (Å²) in [6.45, 7) is 33.9. The topological polar surface area (TPSA) is 227 Å². The molecule has 12 rings (SSSR count). The molecule has 0 amide bonds. The lowest BCUT2D eigenvalue weighted by Crippen LogP contribution is -2.18. The number of hydrogen-bond acceptors (Lipinski definition) is 15. The van der Waals surface area contributed by atoms with Crippen molar-refractivity contribution in [3.8, 4) is 57.3 Å². The molecule has 12 aromatic rings. The molecule has 93 heavy (non-hydrogen) atoms. The van der Waals surface area contributed by atoms with Gasteiger partial charge in [-0.25, -0.2) is 14.4 Å². The van der Waals surface area contributed by atoms with Crippen molar-refractivity contribution in [2.75, 3.05) is 52.9 Å². The quantitative estimate of drug-likeness (QED) is 0.0151. The van der Waals surface area contributed by atoms with Gasteiger partial charge in [0.15, 0.2) is 0 Å². The third kappa shape index (κ3) is 13.7. The van der Waals surface area contributed by atoms with Gasteiger partial charge < -0.3 is 52.7 Å². The molecule has 0 saturated heterocycles. The van der Waals surface area contributed by atoms with Gasteiger partial charge in [0.2, 0.25) is 0 Å². The van der Waals surface area contributed by atoms with Gasteiger partial charge in [-0.05, 0) is 139 Å². The van der Waals surface area contributed by atoms with Crippen molar-refractivity contribution in [2.24, 2.45) is 0 Å². The summed E-state index contributed by atoms with van der Waals surface area (Å²) in [7, 11) is 0. The first-order chi connectivity index (χ1) is 44.4. The maximum Gasteiger partial charge on any atom is 0.333 e. The second-order valence-electron chi connectivity index (χ2n) is 23.5. The van der Waals surface area contributed by atoms with E-state index >= 15 is 0 Å². The molecule has 3 N–H and O–H groups in total. The van der Waals surface area contributed by atoms with Crippen molar-refractivity contribution in [1.82, 2.24) is 42.2 Å². The molecular formula is C68H78ClN9O14S. The number of fused-ring (bicyclic) bond motifs is 12. The molecule has 0 unspecified atom stereocenters. The van der Waals surface area contributed by atoms with E-state index in [0.717, 1.165) is 74.3 Å². The predicted molar refractivity (Wildman–Crippen MR) is 356 cm³/mol. The normalized spacial score (nSPS) is 11.7. The van der Waals surface area contributed by atoms with Crippen LogP contribution in [0.2, 0.25) is 5.02 Å². The average molecular weight is 1310 g/mol. The van der Waals surface area contributed by atoms with Gasteiger partial charge in [0.25, 0.3) is 0 Å². The number of carbonyl (C=O) groups is 3. The van der Waals surface area contributed by atoms with Crippen LogP contribution in [0.1, 0.15) is 96.9 Å². The highest BCUT2D eigenvalue weighted by molar-refractivity contribution is 7.94. The van der Waals surface area contributed by atoms with Crippen LogP contribution in [-0.4, -0.2) is 128 Å². The minimum absolute atomic E-state index is 0.0919. The van der Waals surface area contributed by atoms with E-state index in [4.69, 9.17) is 48.9 Å². The third-order valence-corrected chi connectivity index (χ3v) is 16.1. The van der Waals surface area contributed by atoms with Crippen LogP contribution in [0.25, 0.3) is 50.2 Å². The third-order valence-electron chi connectivity index (χ3n) is 15.2. The molecular weight excluding hydrogens is 1230 g/mol. The van der Waals surface area contributed by atoms with E-state index < -0.39 is 17.9 Å². The van der Waals surface area contributed by atoms with Crippen LogP contribution in [0.3, 0.4) is 0 Å². The van der Waals surface area contributed by atoms with Gasteiger partial charge in [-0.15, -0.1) is 42.2 Å². The first-order valence-corrected chi connectivity index (χ1v) is 31.6. The number of benzene rings is 6. The summed E-state index contributed by atoms with van der Waals surface area (Å²) in [6, 6.07) is 26.7. The molecule has 25 heteroatoms. The monoisotopic (exact) mass is 1310 g/mol. The summed E-state index contributed by atoms with van der Waals surface area (Å²) >= 11 is 7.51. The summed E-state index contributed by atoms with van der Waals surface area (Å²) in [5, 5.41) is 33.0. The van der Waals surface area contributed by atoms with Crippen molar-refractivity contribution in [2.45, 2.75) is 106 Å². The predicted octanol–water partition coefficient (Wildman–Crippen LogP) is 13.4. The molecule has 0 aliphatic carbocycles. The fourth-order valence-electron chi connectivity index (χ4n) is 10.3. The standard InChI is InChI=1S/C23H26ClN3O4.C23H27N3O5.C22H25N3O5S/c1-13(2)22(29)31-10-9-30-21-14(3)20(28)19(12-16(21)23(4,5)6)27-25-17-8-7-15(24)11-18(17)26(25)27;1-6-29-17-8-9-18-19(13-17)25-24(18)26(25)20-12-15(4)22(16(5)21(20)27)30-10-7-11-31-23(28)14(2)3;1-4-5-10-30-31-17-7-9-18-20(14-17)25-23(18)24(25)19-8-6-16(13-21(19)26)28-11-12-29-22(27)15(2)3/h7-8,11-12,28H,1,9-10H2,2-6H3;8-9,12-13,27H,2,6-7,10-11H2,1,3-5H3;6-9,13-14,26H,2,4-5,10-12H2,1,3H3. The van der Waals surface area contributed by atoms with Crippen LogP contribution in [0.15, 0.2) is 126 Å². The van der Waals surface area contributed by atoms with Crippen LogP contribution in [0, 0.1) is 20.8 Å². The zero-order valence-corrected chi connectivity index (χ0v) is 55.7. The Balaban J connectivity index is 0.000000153. The number of esters is 3. The number of ether oxygens (including phenoxy) is 7. The minimum atomic E-state index is -0.450. The minimum Gasteiger partial charge on any atom is -0.505 e. The van der Waals surface area contributed by atoms with Crippen molar-refractivity contribution in [1.29, 1.82) is 0 Å². The highest BCUT2D eigenvalue weighted by Gasteiger charge is 2.33. The van der Waals surface area contributed by atoms with Crippen molar-refractivity contribution >= 4 is 74.7 Å². The molecule has 0 aliphatic rings. The van der Waals surface area contributed by atoms with E-state index in [1.54, 1.807) is 39.0 Å². The van der Waals surface area contributed by atoms with E-state index in [1.807, 2.05) is 131 Å². The lowest BCUT2D eigenvalue weighted by molar-refractivity contribution is -0.140. The van der Waals surface area contributed by atoms with Gasteiger partial charge in [0.1, 0.15) is 117 Å². The molecule has 6 aromatic heterocycles. The Morgan fingerprint density at radius 1 is 0.505 bits per heavy atom. The molecule has 0 bridgehead atoms. The van der Waals surface area contributed by atoms with Crippen molar-refractivity contribution in [3.63, 3.8) is 0 Å². The SMILES string of the molecule is C=C(C)C(=O)OCCCOc1c(C)cc(-n2n3c4ccc(OCC)cc4n23)c(O)c1C.C=C(C)C(=O)OCCOc1c(C(C)(C)C)cc(-n2n3c4ccc(Cl)cc4n23)c(O)c1C.C=C(C)C(=O)OCCOc1ccc(-n2n3c4ccc(SOCCCC)cc4n23)c(O)c1. The van der Waals surface area contributed by atoms with E-state index in [2.05, 4.69) is 53.5 Å². The largest absolute Gasteiger partial charge is 0.505 e. The number of aromatic hydroxyl groups is 3. The summed E-state index contributed by atoms with van der Waals surface area (Å²) in [5.74, 6) is 1.64. The Labute approximate surface area is 545 Å². The second kappa shape index (κ2) is 27.3. The van der Waals surface area contributed by atoms with Crippen LogP contribution < -0.4 is 18.9 Å². The number of nitrogens with zero attached hydrogens (tertiary/aromatic N) is 9. The molecule has 0 radical (unpaired) electrons. The lowest BCUT2D eigenvalue weighted by Gasteiger charge is -2.25. The molecule has 0 saturated carbocycles. The smallest absolute Gasteiger partial charge is 0.333 e. The number of carbonyl (C=O) groups excluding carboxylic acids is 3. The van der Waals surface area contributed by atoms with Gasteiger partial charge in [0, 0.05) is 73.9 Å². The van der Waals surface area contributed by atoms with Gasteiger partial charge >= 0.3 is 17.9 Å². The maximum absolute atomic E-state index is 11.6. The van der Waals surface area contributed by atoms with Crippen LogP contribution >= 0.6 is 23.6 Å². The number of halogens is 1. The van der Waals surface area contributed by atoms with E-state index in [-0.39, 0.29) is 55.7 Å². The molecule has 23 nitrogen and oxygen atoms in total.